The summed E-state index contributed by atoms with van der Waals surface area (Å²) in [5.41, 5.74) is 0.782. The van der Waals surface area contributed by atoms with E-state index in [0.717, 1.165) is 5.69 Å². The van der Waals surface area contributed by atoms with Gasteiger partial charge in [0.05, 0.1) is 11.9 Å². The second-order valence-corrected chi connectivity index (χ2v) is 2.48. The summed E-state index contributed by atoms with van der Waals surface area (Å²) in [5, 5.41) is 11.1. The number of hydrogen-bond donors (Lipinski definition) is 0. The van der Waals surface area contributed by atoms with Crippen molar-refractivity contribution in [3.63, 3.8) is 0 Å². The van der Waals surface area contributed by atoms with Crippen molar-refractivity contribution in [3.8, 4) is 5.69 Å². The van der Waals surface area contributed by atoms with Gasteiger partial charge in [-0.05, 0) is 22.6 Å². The van der Waals surface area contributed by atoms with E-state index in [1.54, 1.807) is 18.3 Å². The first-order valence-corrected chi connectivity index (χ1v) is 3.59. The zero-order valence-electron chi connectivity index (χ0n) is 5.92. The van der Waals surface area contributed by atoms with Crippen molar-refractivity contribution < 1.29 is 0 Å². The van der Waals surface area contributed by atoms with E-state index in [1.165, 1.54) is 11.0 Å². The van der Waals surface area contributed by atoms with Gasteiger partial charge in [-0.15, -0.1) is 5.10 Å². The molecule has 0 unspecified atom stereocenters. The van der Waals surface area contributed by atoms with E-state index in [-0.39, 0.29) is 0 Å². The standard InChI is InChI=1S/C6H4ClN5/c7-6-2-1-5(3-8-6)12-4-9-10-11-12/h1-4H. The first-order valence-electron chi connectivity index (χ1n) is 3.21. The molecule has 12 heavy (non-hydrogen) atoms. The predicted octanol–water partition coefficient (Wildman–Crippen LogP) is 0.711. The van der Waals surface area contributed by atoms with Gasteiger partial charge in [0.2, 0.25) is 0 Å². The fourth-order valence-corrected chi connectivity index (χ4v) is 0.895. The van der Waals surface area contributed by atoms with Gasteiger partial charge >= 0.3 is 0 Å². The maximum absolute atomic E-state index is 5.60. The molecule has 0 saturated carbocycles. The summed E-state index contributed by atoms with van der Waals surface area (Å²) in [5.74, 6) is 0. The molecule has 0 aliphatic carbocycles. The zero-order valence-corrected chi connectivity index (χ0v) is 6.68. The third-order valence-electron chi connectivity index (χ3n) is 1.33. The van der Waals surface area contributed by atoms with E-state index in [4.69, 9.17) is 11.6 Å². The second kappa shape index (κ2) is 2.86. The van der Waals surface area contributed by atoms with E-state index in [9.17, 15) is 0 Å². The minimum Gasteiger partial charge on any atom is -0.242 e. The van der Waals surface area contributed by atoms with Crippen LogP contribution in [0.3, 0.4) is 0 Å². The SMILES string of the molecule is Clc1ccc(-n2cnnn2)cn1. The fraction of sp³-hybridized carbons (Fsp3) is 0. The summed E-state index contributed by atoms with van der Waals surface area (Å²) in [6, 6.07) is 3.46. The molecule has 0 aromatic carbocycles. The van der Waals surface area contributed by atoms with Crippen LogP contribution in [0.1, 0.15) is 0 Å². The smallest absolute Gasteiger partial charge is 0.143 e. The van der Waals surface area contributed by atoms with Crippen molar-refractivity contribution in [2.24, 2.45) is 0 Å². The van der Waals surface area contributed by atoms with Gasteiger partial charge in [-0.25, -0.2) is 4.98 Å². The highest BCUT2D eigenvalue weighted by molar-refractivity contribution is 6.29. The lowest BCUT2D eigenvalue weighted by molar-refractivity contribution is 0.786. The highest BCUT2D eigenvalue weighted by atomic mass is 35.5. The molecule has 0 aliphatic heterocycles. The van der Waals surface area contributed by atoms with E-state index in [2.05, 4.69) is 20.5 Å². The van der Waals surface area contributed by atoms with Crippen molar-refractivity contribution in [1.82, 2.24) is 25.2 Å². The van der Waals surface area contributed by atoms with Gasteiger partial charge in [-0.1, -0.05) is 11.6 Å². The summed E-state index contributed by atoms with van der Waals surface area (Å²) in [4.78, 5) is 3.88. The van der Waals surface area contributed by atoms with Crippen LogP contribution < -0.4 is 0 Å². The van der Waals surface area contributed by atoms with Crippen molar-refractivity contribution in [2.75, 3.05) is 0 Å². The Kier molecular flexibility index (Phi) is 1.71. The van der Waals surface area contributed by atoms with Crippen LogP contribution >= 0.6 is 11.6 Å². The summed E-state index contributed by atoms with van der Waals surface area (Å²) in [6.07, 6.45) is 3.09. The molecule has 0 N–H and O–H groups in total. The summed E-state index contributed by atoms with van der Waals surface area (Å²) in [7, 11) is 0. The highest BCUT2D eigenvalue weighted by Crippen LogP contribution is 2.07. The van der Waals surface area contributed by atoms with Gasteiger partial charge in [0.1, 0.15) is 11.5 Å². The van der Waals surface area contributed by atoms with Crippen LogP contribution in [0, 0.1) is 0 Å². The van der Waals surface area contributed by atoms with Gasteiger partial charge in [-0.3, -0.25) is 0 Å². The third-order valence-corrected chi connectivity index (χ3v) is 1.55. The molecule has 2 aromatic heterocycles. The Balaban J connectivity index is 2.43. The van der Waals surface area contributed by atoms with E-state index in [0.29, 0.717) is 5.15 Å². The largest absolute Gasteiger partial charge is 0.242 e. The predicted molar refractivity (Wildman–Crippen MR) is 42.0 cm³/mol. The van der Waals surface area contributed by atoms with E-state index in [1.807, 2.05) is 0 Å². The minimum atomic E-state index is 0.451. The number of pyridine rings is 1. The van der Waals surface area contributed by atoms with Crippen LogP contribution in [-0.4, -0.2) is 25.2 Å². The van der Waals surface area contributed by atoms with Crippen molar-refractivity contribution in [3.05, 3.63) is 29.8 Å². The van der Waals surface area contributed by atoms with Crippen LogP contribution in [0.4, 0.5) is 0 Å². The fourth-order valence-electron chi connectivity index (χ4n) is 0.783. The molecule has 2 aromatic rings. The minimum absolute atomic E-state index is 0.451. The quantitative estimate of drug-likeness (QED) is 0.608. The molecule has 5 nitrogen and oxygen atoms in total. The molecule has 0 aliphatic rings. The normalized spacial score (nSPS) is 10.1. The summed E-state index contributed by atoms with van der Waals surface area (Å²) >= 11 is 5.60. The Bertz CT molecular complexity index is 354. The Morgan fingerprint density at radius 2 is 2.25 bits per heavy atom. The topological polar surface area (TPSA) is 56.5 Å². The first kappa shape index (κ1) is 7.17. The molecule has 0 amide bonds. The van der Waals surface area contributed by atoms with Gasteiger partial charge in [-0.2, -0.15) is 4.68 Å². The molecule has 0 saturated heterocycles. The monoisotopic (exact) mass is 181 g/mol. The maximum atomic E-state index is 5.60. The molecule has 0 radical (unpaired) electrons. The number of rotatable bonds is 1. The van der Waals surface area contributed by atoms with Crippen molar-refractivity contribution >= 4 is 11.6 Å². The van der Waals surface area contributed by atoms with Crippen LogP contribution in [0.15, 0.2) is 24.7 Å². The lowest BCUT2D eigenvalue weighted by Gasteiger charge is -1.96. The number of tetrazole rings is 1. The third kappa shape index (κ3) is 1.26. The average molecular weight is 182 g/mol. The molecular formula is C6H4ClN5. The van der Waals surface area contributed by atoms with Crippen LogP contribution in [0.2, 0.25) is 5.15 Å². The number of hydrogen-bond acceptors (Lipinski definition) is 4. The molecule has 0 spiro atoms. The Morgan fingerprint density at radius 1 is 1.33 bits per heavy atom. The van der Waals surface area contributed by atoms with Crippen LogP contribution in [0.5, 0.6) is 0 Å². The van der Waals surface area contributed by atoms with Crippen LogP contribution in [-0.2, 0) is 0 Å². The molecule has 2 rings (SSSR count). The van der Waals surface area contributed by atoms with Gasteiger partial charge < -0.3 is 0 Å². The van der Waals surface area contributed by atoms with Gasteiger partial charge in [0.25, 0.3) is 0 Å². The molecule has 0 fully saturated rings. The van der Waals surface area contributed by atoms with E-state index >= 15 is 0 Å². The summed E-state index contributed by atoms with van der Waals surface area (Å²) in [6.45, 7) is 0. The van der Waals surface area contributed by atoms with Gasteiger partial charge in [0, 0.05) is 0 Å². The zero-order chi connectivity index (χ0) is 8.39. The second-order valence-electron chi connectivity index (χ2n) is 2.09. The average Bonchev–Trinajstić information content (AvgIpc) is 2.58. The molecule has 0 bridgehead atoms. The Hall–Kier alpha value is -1.49. The molecule has 0 atom stereocenters. The van der Waals surface area contributed by atoms with E-state index < -0.39 is 0 Å². The molecule has 6 heteroatoms. The lowest BCUT2D eigenvalue weighted by Crippen LogP contribution is -1.95. The first-order chi connectivity index (χ1) is 5.86. The van der Waals surface area contributed by atoms with Crippen molar-refractivity contribution in [1.29, 1.82) is 0 Å². The Labute approximate surface area is 73.0 Å². The highest BCUT2D eigenvalue weighted by Gasteiger charge is 1.96. The summed E-state index contributed by atoms with van der Waals surface area (Å²) < 4.78 is 1.50. The molecular weight excluding hydrogens is 178 g/mol. The number of aromatic nitrogens is 5. The Morgan fingerprint density at radius 3 is 2.83 bits per heavy atom. The molecule has 60 valence electrons. The van der Waals surface area contributed by atoms with Crippen molar-refractivity contribution in [2.45, 2.75) is 0 Å². The number of halogens is 1. The van der Waals surface area contributed by atoms with Crippen LogP contribution in [0.25, 0.3) is 5.69 Å². The van der Waals surface area contributed by atoms with Gasteiger partial charge in [0.15, 0.2) is 0 Å². The molecule has 2 heterocycles. The lowest BCUT2D eigenvalue weighted by atomic mass is 10.4. The number of nitrogens with zero attached hydrogens (tertiary/aromatic N) is 5. The maximum Gasteiger partial charge on any atom is 0.143 e.